The van der Waals surface area contributed by atoms with Gasteiger partial charge in [-0.3, -0.25) is 9.71 Å². The van der Waals surface area contributed by atoms with Gasteiger partial charge in [0.25, 0.3) is 10.0 Å². The van der Waals surface area contributed by atoms with Crippen LogP contribution in [0, 0.1) is 12.7 Å². The van der Waals surface area contributed by atoms with Crippen molar-refractivity contribution < 1.29 is 12.8 Å². The molecule has 100 valence electrons. The Balaban J connectivity index is 2.35. The number of halogens is 1. The summed E-state index contributed by atoms with van der Waals surface area (Å²) in [5.74, 6) is -0.773. The lowest BCUT2D eigenvalue weighted by Crippen LogP contribution is -2.13. The number of nitrogens with one attached hydrogen (secondary N) is 1. The highest BCUT2D eigenvalue weighted by molar-refractivity contribution is 7.92. The van der Waals surface area contributed by atoms with Crippen LogP contribution in [0.5, 0.6) is 0 Å². The molecule has 0 spiro atoms. The number of rotatable bonds is 3. The number of hydrogen-bond acceptors (Lipinski definition) is 4. The highest BCUT2D eigenvalue weighted by Gasteiger charge is 2.16. The highest BCUT2D eigenvalue weighted by Crippen LogP contribution is 2.19. The maximum atomic E-state index is 13.3. The van der Waals surface area contributed by atoms with Crippen LogP contribution in [0.2, 0.25) is 0 Å². The van der Waals surface area contributed by atoms with Gasteiger partial charge in [0.1, 0.15) is 5.82 Å². The van der Waals surface area contributed by atoms with E-state index in [9.17, 15) is 12.8 Å². The average Bonchev–Trinajstić information content (AvgIpc) is 2.32. The summed E-state index contributed by atoms with van der Waals surface area (Å²) in [6, 6.07) is 4.95. The van der Waals surface area contributed by atoms with Gasteiger partial charge in [-0.1, -0.05) is 0 Å². The maximum absolute atomic E-state index is 13.3. The van der Waals surface area contributed by atoms with E-state index in [4.69, 9.17) is 5.73 Å². The van der Waals surface area contributed by atoms with Crippen molar-refractivity contribution in [2.45, 2.75) is 11.8 Å². The number of aromatic nitrogens is 1. The number of nitrogens with two attached hydrogens (primary N) is 1. The Hall–Kier alpha value is -2.15. The molecular formula is C12H12FN3O2S. The molecule has 0 amide bonds. The topological polar surface area (TPSA) is 85.1 Å². The van der Waals surface area contributed by atoms with Crippen LogP contribution in [0.1, 0.15) is 5.56 Å². The summed E-state index contributed by atoms with van der Waals surface area (Å²) in [7, 11) is -3.85. The van der Waals surface area contributed by atoms with Crippen molar-refractivity contribution in [3.8, 4) is 0 Å². The van der Waals surface area contributed by atoms with E-state index in [1.165, 1.54) is 18.3 Å². The van der Waals surface area contributed by atoms with Gasteiger partial charge < -0.3 is 5.73 Å². The van der Waals surface area contributed by atoms with Gasteiger partial charge in [-0.2, -0.15) is 0 Å². The van der Waals surface area contributed by atoms with Gasteiger partial charge in [0.05, 0.1) is 22.5 Å². The van der Waals surface area contributed by atoms with Crippen molar-refractivity contribution in [2.24, 2.45) is 0 Å². The summed E-state index contributed by atoms with van der Waals surface area (Å²) in [4.78, 5) is 3.68. The predicted octanol–water partition coefficient (Wildman–Crippen LogP) is 1.91. The molecule has 2 rings (SSSR count). The van der Waals surface area contributed by atoms with Gasteiger partial charge in [-0.25, -0.2) is 12.8 Å². The highest BCUT2D eigenvalue weighted by atomic mass is 32.2. The Morgan fingerprint density at radius 2 is 2.00 bits per heavy atom. The van der Waals surface area contributed by atoms with Crippen LogP contribution in [-0.4, -0.2) is 13.4 Å². The van der Waals surface area contributed by atoms with Gasteiger partial charge in [-0.15, -0.1) is 0 Å². The summed E-state index contributed by atoms with van der Waals surface area (Å²) in [5.41, 5.74) is 6.33. The van der Waals surface area contributed by atoms with Gasteiger partial charge in [-0.05, 0) is 36.8 Å². The standard InChI is InChI=1S/C12H12FN3O2S/c1-8-4-9(7-15-6-8)16-19(17,18)10-2-3-12(14)11(13)5-10/h2-7,16H,14H2,1H3. The first-order chi connectivity index (χ1) is 8.88. The number of aryl methyl sites for hydroxylation is 1. The van der Waals surface area contributed by atoms with Crippen LogP contribution in [0.4, 0.5) is 15.8 Å². The van der Waals surface area contributed by atoms with Gasteiger partial charge >= 0.3 is 0 Å². The molecule has 5 nitrogen and oxygen atoms in total. The van der Waals surface area contributed by atoms with Crippen molar-refractivity contribution in [3.05, 3.63) is 48.0 Å². The lowest BCUT2D eigenvalue weighted by Gasteiger charge is -2.08. The molecule has 0 unspecified atom stereocenters. The monoisotopic (exact) mass is 281 g/mol. The fourth-order valence-electron chi connectivity index (χ4n) is 1.50. The molecular weight excluding hydrogens is 269 g/mol. The molecule has 0 radical (unpaired) electrons. The number of hydrogen-bond donors (Lipinski definition) is 2. The number of anilines is 2. The SMILES string of the molecule is Cc1cncc(NS(=O)(=O)c2ccc(N)c(F)c2)c1. The van der Waals surface area contributed by atoms with E-state index in [0.29, 0.717) is 5.69 Å². The maximum Gasteiger partial charge on any atom is 0.262 e. The normalized spacial score (nSPS) is 11.3. The molecule has 7 heteroatoms. The minimum absolute atomic E-state index is 0.101. The first kappa shape index (κ1) is 13.3. The van der Waals surface area contributed by atoms with Gasteiger partial charge in [0.2, 0.25) is 0 Å². The number of pyridine rings is 1. The first-order valence-corrected chi connectivity index (χ1v) is 6.86. The van der Waals surface area contributed by atoms with E-state index in [-0.39, 0.29) is 10.6 Å². The molecule has 1 aromatic carbocycles. The van der Waals surface area contributed by atoms with Crippen LogP contribution in [0.3, 0.4) is 0 Å². The lowest BCUT2D eigenvalue weighted by atomic mass is 10.3. The first-order valence-electron chi connectivity index (χ1n) is 5.38. The largest absolute Gasteiger partial charge is 0.396 e. The lowest BCUT2D eigenvalue weighted by molar-refractivity contribution is 0.596. The van der Waals surface area contributed by atoms with Crippen LogP contribution in [-0.2, 0) is 10.0 Å². The van der Waals surface area contributed by atoms with Crippen molar-refractivity contribution in [1.82, 2.24) is 4.98 Å². The minimum atomic E-state index is -3.85. The van der Waals surface area contributed by atoms with E-state index in [2.05, 4.69) is 9.71 Å². The Kier molecular flexibility index (Phi) is 3.39. The van der Waals surface area contributed by atoms with E-state index >= 15 is 0 Å². The van der Waals surface area contributed by atoms with Crippen LogP contribution < -0.4 is 10.5 Å². The van der Waals surface area contributed by atoms with Gasteiger partial charge in [0.15, 0.2) is 0 Å². The number of nitrogens with zero attached hydrogens (tertiary/aromatic N) is 1. The molecule has 0 atom stereocenters. The number of benzene rings is 1. The zero-order valence-electron chi connectivity index (χ0n) is 10.1. The minimum Gasteiger partial charge on any atom is -0.396 e. The molecule has 0 saturated heterocycles. The quantitative estimate of drug-likeness (QED) is 0.842. The third-order valence-corrected chi connectivity index (χ3v) is 3.79. The fraction of sp³-hybridized carbons (Fsp3) is 0.0833. The summed E-state index contributed by atoms with van der Waals surface area (Å²) in [6.07, 6.45) is 2.97. The molecule has 0 aliphatic heterocycles. The number of nitrogen functional groups attached to an aromatic ring is 1. The van der Waals surface area contributed by atoms with Crippen molar-refractivity contribution in [1.29, 1.82) is 0 Å². The fourth-order valence-corrected chi connectivity index (χ4v) is 2.55. The summed E-state index contributed by atoms with van der Waals surface area (Å²) in [5, 5.41) is 0. The molecule has 0 fully saturated rings. The molecule has 0 aliphatic carbocycles. The van der Waals surface area contributed by atoms with Crippen LogP contribution in [0.25, 0.3) is 0 Å². The smallest absolute Gasteiger partial charge is 0.262 e. The van der Waals surface area contributed by atoms with E-state index < -0.39 is 15.8 Å². The summed E-state index contributed by atoms with van der Waals surface area (Å²) >= 11 is 0. The zero-order valence-corrected chi connectivity index (χ0v) is 10.9. The third-order valence-electron chi connectivity index (χ3n) is 2.41. The van der Waals surface area contributed by atoms with Crippen molar-refractivity contribution in [3.63, 3.8) is 0 Å². The van der Waals surface area contributed by atoms with Gasteiger partial charge in [0, 0.05) is 6.20 Å². The second-order valence-corrected chi connectivity index (χ2v) is 5.72. The molecule has 1 heterocycles. The van der Waals surface area contributed by atoms with Crippen LogP contribution >= 0.6 is 0 Å². The zero-order chi connectivity index (χ0) is 14.0. The molecule has 3 N–H and O–H groups in total. The number of sulfonamides is 1. The molecule has 0 bridgehead atoms. The molecule has 0 saturated carbocycles. The predicted molar refractivity (Wildman–Crippen MR) is 70.6 cm³/mol. The summed E-state index contributed by atoms with van der Waals surface area (Å²) in [6.45, 7) is 1.79. The Bertz CT molecular complexity index is 717. The molecule has 19 heavy (non-hydrogen) atoms. The van der Waals surface area contributed by atoms with E-state index in [1.807, 2.05) is 0 Å². The summed E-state index contributed by atoms with van der Waals surface area (Å²) < 4.78 is 39.7. The van der Waals surface area contributed by atoms with E-state index in [0.717, 1.165) is 11.6 Å². The average molecular weight is 281 g/mol. The molecule has 0 aliphatic rings. The van der Waals surface area contributed by atoms with Crippen molar-refractivity contribution >= 4 is 21.4 Å². The molecule has 1 aromatic heterocycles. The van der Waals surface area contributed by atoms with E-state index in [1.54, 1.807) is 19.2 Å². The Morgan fingerprint density at radius 3 is 2.63 bits per heavy atom. The van der Waals surface area contributed by atoms with Crippen LogP contribution in [0.15, 0.2) is 41.6 Å². The Labute approximate surface area is 110 Å². The third kappa shape index (κ3) is 3.00. The van der Waals surface area contributed by atoms with Crippen molar-refractivity contribution in [2.75, 3.05) is 10.5 Å². The molecule has 2 aromatic rings. The second-order valence-electron chi connectivity index (χ2n) is 4.04. The Morgan fingerprint density at radius 1 is 1.26 bits per heavy atom. The second kappa shape index (κ2) is 4.85.